The van der Waals surface area contributed by atoms with Crippen molar-refractivity contribution < 1.29 is 4.52 Å². The highest BCUT2D eigenvalue weighted by molar-refractivity contribution is 5.62. The molecule has 21 heavy (non-hydrogen) atoms. The molecule has 0 saturated heterocycles. The molecule has 0 aromatic carbocycles. The van der Waals surface area contributed by atoms with Crippen LogP contribution < -0.4 is 5.32 Å². The maximum Gasteiger partial charge on any atom is 0.167 e. The van der Waals surface area contributed by atoms with Crippen LogP contribution in [0.15, 0.2) is 10.6 Å². The molecule has 0 saturated carbocycles. The van der Waals surface area contributed by atoms with Crippen molar-refractivity contribution in [3.8, 4) is 11.4 Å². The fraction of sp³-hybridized carbons (Fsp3) is 0.562. The van der Waals surface area contributed by atoms with Crippen molar-refractivity contribution in [2.75, 3.05) is 11.9 Å². The summed E-state index contributed by atoms with van der Waals surface area (Å²) in [5, 5.41) is 7.35. The highest BCUT2D eigenvalue weighted by Gasteiger charge is 2.21. The number of aryl methyl sites for hydroxylation is 2. The molecule has 0 amide bonds. The normalized spacial score (nSPS) is 11.7. The minimum Gasteiger partial charge on any atom is -0.370 e. The third kappa shape index (κ3) is 3.40. The molecular weight excluding hydrogens is 264 g/mol. The first-order chi connectivity index (χ1) is 9.82. The van der Waals surface area contributed by atoms with E-state index in [2.05, 4.69) is 43.2 Å². The zero-order valence-electron chi connectivity index (χ0n) is 13.7. The van der Waals surface area contributed by atoms with Crippen LogP contribution in [0.25, 0.3) is 11.4 Å². The van der Waals surface area contributed by atoms with E-state index >= 15 is 0 Å². The van der Waals surface area contributed by atoms with E-state index in [4.69, 9.17) is 9.51 Å². The van der Waals surface area contributed by atoms with Crippen molar-refractivity contribution in [1.29, 1.82) is 0 Å². The summed E-state index contributed by atoms with van der Waals surface area (Å²) in [6.07, 6.45) is 1.05. The van der Waals surface area contributed by atoms with Gasteiger partial charge in [-0.2, -0.15) is 0 Å². The first kappa shape index (κ1) is 15.5. The Morgan fingerprint density at radius 1 is 1.19 bits per heavy atom. The molecule has 0 spiro atoms. The zero-order chi connectivity index (χ0) is 15.6. The summed E-state index contributed by atoms with van der Waals surface area (Å²) in [7, 11) is 0. The lowest BCUT2D eigenvalue weighted by Gasteiger charge is -2.19. The van der Waals surface area contributed by atoms with Gasteiger partial charge in [-0.05, 0) is 20.3 Å². The van der Waals surface area contributed by atoms with E-state index in [1.165, 1.54) is 0 Å². The van der Waals surface area contributed by atoms with Crippen LogP contribution >= 0.6 is 0 Å². The Balaban J connectivity index is 2.55. The standard InChI is InChI=1S/C16H24N4O/c1-7-8-17-13-9-12(16(4,5)6)18-15(19-13)14-10(2)20-21-11(14)3/h9H,7-8H2,1-6H3,(H,17,18,19). The van der Waals surface area contributed by atoms with Crippen molar-refractivity contribution in [2.45, 2.75) is 53.4 Å². The molecule has 5 heteroatoms. The number of aromatic nitrogens is 3. The molecule has 1 N–H and O–H groups in total. The summed E-state index contributed by atoms with van der Waals surface area (Å²) in [6, 6.07) is 2.03. The van der Waals surface area contributed by atoms with E-state index in [-0.39, 0.29) is 5.41 Å². The van der Waals surface area contributed by atoms with Gasteiger partial charge in [0.1, 0.15) is 11.6 Å². The Kier molecular flexibility index (Phi) is 4.30. The lowest BCUT2D eigenvalue weighted by molar-refractivity contribution is 0.393. The molecule has 0 aliphatic rings. The molecule has 0 radical (unpaired) electrons. The molecule has 0 fully saturated rings. The molecule has 2 rings (SSSR count). The average molecular weight is 288 g/mol. The lowest BCUT2D eigenvalue weighted by atomic mass is 9.91. The van der Waals surface area contributed by atoms with Crippen molar-refractivity contribution in [3.63, 3.8) is 0 Å². The molecule has 114 valence electrons. The second kappa shape index (κ2) is 5.84. The van der Waals surface area contributed by atoms with E-state index < -0.39 is 0 Å². The Hall–Kier alpha value is -1.91. The number of nitrogens with zero attached hydrogens (tertiary/aromatic N) is 3. The van der Waals surface area contributed by atoms with Gasteiger partial charge < -0.3 is 9.84 Å². The highest BCUT2D eigenvalue weighted by atomic mass is 16.5. The van der Waals surface area contributed by atoms with Gasteiger partial charge in [-0.1, -0.05) is 32.9 Å². The van der Waals surface area contributed by atoms with E-state index in [1.54, 1.807) is 0 Å². The molecule has 5 nitrogen and oxygen atoms in total. The van der Waals surface area contributed by atoms with E-state index in [9.17, 15) is 0 Å². The number of rotatable bonds is 4. The van der Waals surface area contributed by atoms with Crippen molar-refractivity contribution in [1.82, 2.24) is 15.1 Å². The van der Waals surface area contributed by atoms with Gasteiger partial charge >= 0.3 is 0 Å². The van der Waals surface area contributed by atoms with Gasteiger partial charge in [0.2, 0.25) is 0 Å². The first-order valence-corrected chi connectivity index (χ1v) is 7.39. The summed E-state index contributed by atoms with van der Waals surface area (Å²) in [6.45, 7) is 13.3. The van der Waals surface area contributed by atoms with Gasteiger partial charge in [0.15, 0.2) is 5.82 Å². The monoisotopic (exact) mass is 288 g/mol. The smallest absolute Gasteiger partial charge is 0.167 e. The summed E-state index contributed by atoms with van der Waals surface area (Å²) in [4.78, 5) is 9.35. The number of anilines is 1. The second-order valence-corrected chi connectivity index (χ2v) is 6.34. The quantitative estimate of drug-likeness (QED) is 0.925. The summed E-state index contributed by atoms with van der Waals surface area (Å²) >= 11 is 0. The highest BCUT2D eigenvalue weighted by Crippen LogP contribution is 2.29. The maximum absolute atomic E-state index is 5.25. The largest absolute Gasteiger partial charge is 0.370 e. The zero-order valence-corrected chi connectivity index (χ0v) is 13.7. The van der Waals surface area contributed by atoms with Gasteiger partial charge in [-0.25, -0.2) is 9.97 Å². The third-order valence-corrected chi connectivity index (χ3v) is 3.31. The average Bonchev–Trinajstić information content (AvgIpc) is 2.74. The molecule has 2 aromatic heterocycles. The molecule has 2 aromatic rings. The second-order valence-electron chi connectivity index (χ2n) is 6.34. The number of hydrogen-bond acceptors (Lipinski definition) is 5. The fourth-order valence-electron chi connectivity index (χ4n) is 2.09. The molecule has 0 atom stereocenters. The Morgan fingerprint density at radius 3 is 2.43 bits per heavy atom. The van der Waals surface area contributed by atoms with Crippen LogP contribution in [0.3, 0.4) is 0 Å². The molecule has 0 unspecified atom stereocenters. The van der Waals surface area contributed by atoms with Gasteiger partial charge in [-0.15, -0.1) is 0 Å². The van der Waals surface area contributed by atoms with E-state index in [1.807, 2.05) is 19.9 Å². The summed E-state index contributed by atoms with van der Waals surface area (Å²) in [5.74, 6) is 2.28. The Morgan fingerprint density at radius 2 is 1.90 bits per heavy atom. The molecular formula is C16H24N4O. The van der Waals surface area contributed by atoms with E-state index in [0.717, 1.165) is 41.5 Å². The van der Waals surface area contributed by atoms with Crippen LogP contribution in [0.5, 0.6) is 0 Å². The van der Waals surface area contributed by atoms with Gasteiger partial charge in [0.05, 0.1) is 17.0 Å². The third-order valence-electron chi connectivity index (χ3n) is 3.31. The van der Waals surface area contributed by atoms with Crippen LogP contribution in [0.2, 0.25) is 0 Å². The Labute approximate surface area is 126 Å². The van der Waals surface area contributed by atoms with Crippen LogP contribution in [0, 0.1) is 13.8 Å². The minimum atomic E-state index is -0.0424. The van der Waals surface area contributed by atoms with Crippen LogP contribution in [-0.2, 0) is 5.41 Å². The SMILES string of the molecule is CCCNc1cc(C(C)(C)C)nc(-c2c(C)noc2C)n1. The molecule has 0 aliphatic carbocycles. The van der Waals surface area contributed by atoms with Crippen LogP contribution in [-0.4, -0.2) is 21.7 Å². The van der Waals surface area contributed by atoms with Gasteiger partial charge in [0, 0.05) is 18.0 Å². The van der Waals surface area contributed by atoms with Crippen LogP contribution in [0.1, 0.15) is 51.3 Å². The molecule has 2 heterocycles. The number of hydrogen-bond donors (Lipinski definition) is 1. The topological polar surface area (TPSA) is 63.8 Å². The van der Waals surface area contributed by atoms with E-state index in [0.29, 0.717) is 5.82 Å². The van der Waals surface area contributed by atoms with Crippen molar-refractivity contribution in [2.24, 2.45) is 0 Å². The molecule has 0 bridgehead atoms. The first-order valence-electron chi connectivity index (χ1n) is 7.39. The lowest BCUT2D eigenvalue weighted by Crippen LogP contribution is -2.16. The van der Waals surface area contributed by atoms with Crippen molar-refractivity contribution in [3.05, 3.63) is 23.2 Å². The maximum atomic E-state index is 5.25. The predicted octanol–water partition coefficient (Wildman–Crippen LogP) is 3.87. The van der Waals surface area contributed by atoms with Gasteiger partial charge in [0.25, 0.3) is 0 Å². The summed E-state index contributed by atoms with van der Waals surface area (Å²) < 4.78 is 5.25. The molecule has 0 aliphatic heterocycles. The fourth-order valence-corrected chi connectivity index (χ4v) is 2.09. The Bertz CT molecular complexity index is 606. The minimum absolute atomic E-state index is 0.0424. The van der Waals surface area contributed by atoms with Gasteiger partial charge in [-0.3, -0.25) is 0 Å². The number of nitrogens with one attached hydrogen (secondary N) is 1. The van der Waals surface area contributed by atoms with Crippen molar-refractivity contribution >= 4 is 5.82 Å². The summed E-state index contributed by atoms with van der Waals surface area (Å²) in [5.41, 5.74) is 2.67. The predicted molar refractivity (Wildman–Crippen MR) is 84.5 cm³/mol. The van der Waals surface area contributed by atoms with Crippen LogP contribution in [0.4, 0.5) is 5.82 Å².